The fourth-order valence-electron chi connectivity index (χ4n) is 1.39. The van der Waals surface area contributed by atoms with Gasteiger partial charge in [0.25, 0.3) is 0 Å². The molecule has 0 bridgehead atoms. The zero-order valence-corrected chi connectivity index (χ0v) is 10.2. The van der Waals surface area contributed by atoms with Crippen molar-refractivity contribution in [1.82, 2.24) is 4.98 Å². The van der Waals surface area contributed by atoms with Crippen LogP contribution in [0.1, 0.15) is 11.1 Å². The predicted octanol–water partition coefficient (Wildman–Crippen LogP) is 3.20. The SMILES string of the molecule is Cc1cc(OCc2ccc(N)nc2)ccc1Cl. The van der Waals surface area contributed by atoms with Gasteiger partial charge in [-0.25, -0.2) is 4.98 Å². The fraction of sp³-hybridized carbons (Fsp3) is 0.154. The molecular formula is C13H13ClN2O. The van der Waals surface area contributed by atoms with Crippen LogP contribution in [-0.4, -0.2) is 4.98 Å². The lowest BCUT2D eigenvalue weighted by molar-refractivity contribution is 0.305. The van der Waals surface area contributed by atoms with Crippen LogP contribution in [0.4, 0.5) is 5.82 Å². The third kappa shape index (κ3) is 3.11. The normalized spacial score (nSPS) is 10.2. The Morgan fingerprint density at radius 2 is 2.12 bits per heavy atom. The van der Waals surface area contributed by atoms with E-state index in [-0.39, 0.29) is 0 Å². The standard InChI is InChI=1S/C13H13ClN2O/c1-9-6-11(3-4-12(9)14)17-8-10-2-5-13(15)16-7-10/h2-7H,8H2,1H3,(H2,15,16). The van der Waals surface area contributed by atoms with Crippen molar-refractivity contribution in [2.45, 2.75) is 13.5 Å². The molecule has 3 nitrogen and oxygen atoms in total. The Hall–Kier alpha value is -1.74. The Kier molecular flexibility index (Phi) is 3.49. The predicted molar refractivity (Wildman–Crippen MR) is 69.2 cm³/mol. The molecule has 17 heavy (non-hydrogen) atoms. The summed E-state index contributed by atoms with van der Waals surface area (Å²) >= 11 is 5.94. The fourth-order valence-corrected chi connectivity index (χ4v) is 1.51. The van der Waals surface area contributed by atoms with E-state index < -0.39 is 0 Å². The minimum absolute atomic E-state index is 0.467. The van der Waals surface area contributed by atoms with Crippen LogP contribution < -0.4 is 10.5 Å². The second kappa shape index (κ2) is 5.06. The number of nitrogen functional groups attached to an aromatic ring is 1. The van der Waals surface area contributed by atoms with E-state index in [1.807, 2.05) is 31.2 Å². The number of halogens is 1. The third-order valence-corrected chi connectivity index (χ3v) is 2.81. The van der Waals surface area contributed by atoms with E-state index in [2.05, 4.69) is 4.98 Å². The highest BCUT2D eigenvalue weighted by Crippen LogP contribution is 2.21. The van der Waals surface area contributed by atoms with E-state index in [0.29, 0.717) is 12.4 Å². The zero-order valence-electron chi connectivity index (χ0n) is 9.48. The van der Waals surface area contributed by atoms with Crippen molar-refractivity contribution in [3.05, 3.63) is 52.7 Å². The Bertz CT molecular complexity index is 511. The van der Waals surface area contributed by atoms with Gasteiger partial charge >= 0.3 is 0 Å². The summed E-state index contributed by atoms with van der Waals surface area (Å²) in [5, 5.41) is 0.742. The molecule has 0 spiro atoms. The molecule has 1 aromatic carbocycles. The lowest BCUT2D eigenvalue weighted by atomic mass is 10.2. The molecule has 2 aromatic rings. The Labute approximate surface area is 105 Å². The van der Waals surface area contributed by atoms with Crippen molar-refractivity contribution >= 4 is 17.4 Å². The van der Waals surface area contributed by atoms with Crippen molar-refractivity contribution in [1.29, 1.82) is 0 Å². The summed E-state index contributed by atoms with van der Waals surface area (Å²) in [6.07, 6.45) is 1.71. The Morgan fingerprint density at radius 3 is 2.76 bits per heavy atom. The molecule has 0 aliphatic heterocycles. The van der Waals surface area contributed by atoms with Gasteiger partial charge in [-0.05, 0) is 36.8 Å². The van der Waals surface area contributed by atoms with E-state index >= 15 is 0 Å². The van der Waals surface area contributed by atoms with Gasteiger partial charge in [0.1, 0.15) is 18.2 Å². The topological polar surface area (TPSA) is 48.1 Å². The zero-order chi connectivity index (χ0) is 12.3. The number of nitrogens with two attached hydrogens (primary N) is 1. The molecule has 2 N–H and O–H groups in total. The molecule has 1 heterocycles. The number of hydrogen-bond acceptors (Lipinski definition) is 3. The maximum Gasteiger partial charge on any atom is 0.123 e. The van der Waals surface area contributed by atoms with Crippen LogP contribution >= 0.6 is 11.6 Å². The van der Waals surface area contributed by atoms with Crippen LogP contribution in [0.15, 0.2) is 36.5 Å². The summed E-state index contributed by atoms with van der Waals surface area (Å²) in [6, 6.07) is 9.23. The van der Waals surface area contributed by atoms with Crippen molar-refractivity contribution in [2.24, 2.45) is 0 Å². The monoisotopic (exact) mass is 248 g/mol. The minimum atomic E-state index is 0.467. The molecule has 88 valence electrons. The number of anilines is 1. The van der Waals surface area contributed by atoms with Crippen molar-refractivity contribution < 1.29 is 4.74 Å². The molecule has 4 heteroatoms. The van der Waals surface area contributed by atoms with Crippen molar-refractivity contribution in [3.63, 3.8) is 0 Å². The summed E-state index contributed by atoms with van der Waals surface area (Å²) in [4.78, 5) is 4.00. The molecule has 0 saturated heterocycles. The highest BCUT2D eigenvalue weighted by Gasteiger charge is 1.99. The van der Waals surface area contributed by atoms with Crippen molar-refractivity contribution in [3.8, 4) is 5.75 Å². The van der Waals surface area contributed by atoms with Gasteiger partial charge in [0.2, 0.25) is 0 Å². The van der Waals surface area contributed by atoms with Crippen LogP contribution in [0.3, 0.4) is 0 Å². The minimum Gasteiger partial charge on any atom is -0.489 e. The van der Waals surface area contributed by atoms with Gasteiger partial charge in [-0.3, -0.25) is 0 Å². The number of aromatic nitrogens is 1. The van der Waals surface area contributed by atoms with Gasteiger partial charge in [0, 0.05) is 16.8 Å². The summed E-state index contributed by atoms with van der Waals surface area (Å²) < 4.78 is 5.63. The second-order valence-corrected chi connectivity index (χ2v) is 4.20. The summed E-state index contributed by atoms with van der Waals surface area (Å²) in [7, 11) is 0. The lowest BCUT2D eigenvalue weighted by Crippen LogP contribution is -1.97. The molecule has 0 saturated carbocycles. The van der Waals surface area contributed by atoms with Crippen LogP contribution in [0.5, 0.6) is 5.75 Å². The molecule has 0 unspecified atom stereocenters. The first-order chi connectivity index (χ1) is 8.15. The first-order valence-electron chi connectivity index (χ1n) is 5.24. The molecule has 2 rings (SSSR count). The first-order valence-corrected chi connectivity index (χ1v) is 5.62. The van der Waals surface area contributed by atoms with Gasteiger partial charge in [0.15, 0.2) is 0 Å². The summed E-state index contributed by atoms with van der Waals surface area (Å²) in [6.45, 7) is 2.41. The lowest BCUT2D eigenvalue weighted by Gasteiger charge is -2.07. The average molecular weight is 249 g/mol. The molecule has 0 aliphatic carbocycles. The van der Waals surface area contributed by atoms with Gasteiger partial charge in [-0.15, -0.1) is 0 Å². The van der Waals surface area contributed by atoms with E-state index in [4.69, 9.17) is 22.1 Å². The molecule has 0 fully saturated rings. The van der Waals surface area contributed by atoms with E-state index in [0.717, 1.165) is 21.9 Å². The third-order valence-electron chi connectivity index (χ3n) is 2.38. The maximum absolute atomic E-state index is 5.94. The Balaban J connectivity index is 2.02. The number of ether oxygens (including phenoxy) is 1. The van der Waals surface area contributed by atoms with Crippen molar-refractivity contribution in [2.75, 3.05) is 5.73 Å². The highest BCUT2D eigenvalue weighted by molar-refractivity contribution is 6.31. The number of rotatable bonds is 3. The summed E-state index contributed by atoms with van der Waals surface area (Å²) in [5.74, 6) is 1.31. The van der Waals surface area contributed by atoms with Crippen LogP contribution in [0.25, 0.3) is 0 Å². The smallest absolute Gasteiger partial charge is 0.123 e. The molecule has 0 amide bonds. The van der Waals surface area contributed by atoms with E-state index in [1.165, 1.54) is 0 Å². The molecular weight excluding hydrogens is 236 g/mol. The molecule has 0 aliphatic rings. The van der Waals surface area contributed by atoms with E-state index in [1.54, 1.807) is 12.3 Å². The van der Waals surface area contributed by atoms with Gasteiger partial charge in [-0.1, -0.05) is 17.7 Å². The highest BCUT2D eigenvalue weighted by atomic mass is 35.5. The number of pyridine rings is 1. The van der Waals surface area contributed by atoms with Crippen LogP contribution in [0, 0.1) is 6.92 Å². The molecule has 1 aromatic heterocycles. The summed E-state index contributed by atoms with van der Waals surface area (Å²) in [5.41, 5.74) is 7.48. The molecule has 0 radical (unpaired) electrons. The number of benzene rings is 1. The number of aryl methyl sites for hydroxylation is 1. The van der Waals surface area contributed by atoms with Gasteiger partial charge < -0.3 is 10.5 Å². The quantitative estimate of drug-likeness (QED) is 0.907. The first kappa shape index (κ1) is 11.7. The Morgan fingerprint density at radius 1 is 1.29 bits per heavy atom. The van der Waals surface area contributed by atoms with Gasteiger partial charge in [0.05, 0.1) is 0 Å². The average Bonchev–Trinajstić information content (AvgIpc) is 2.33. The number of nitrogens with zero attached hydrogens (tertiary/aromatic N) is 1. The van der Waals surface area contributed by atoms with Gasteiger partial charge in [-0.2, -0.15) is 0 Å². The van der Waals surface area contributed by atoms with Crippen LogP contribution in [0.2, 0.25) is 5.02 Å². The maximum atomic E-state index is 5.94. The number of hydrogen-bond donors (Lipinski definition) is 1. The second-order valence-electron chi connectivity index (χ2n) is 3.79. The van der Waals surface area contributed by atoms with E-state index in [9.17, 15) is 0 Å². The van der Waals surface area contributed by atoms with Crippen LogP contribution in [-0.2, 0) is 6.61 Å². The largest absolute Gasteiger partial charge is 0.489 e. The molecule has 0 atom stereocenters.